The zero-order valence-electron chi connectivity index (χ0n) is 13.1. The third-order valence-corrected chi connectivity index (χ3v) is 2.81. The number of halogens is 1. The van der Waals surface area contributed by atoms with E-state index in [0.717, 1.165) is 6.33 Å². The van der Waals surface area contributed by atoms with Crippen molar-refractivity contribution in [2.24, 2.45) is 0 Å². The molecule has 1 aromatic heterocycles. The first kappa shape index (κ1) is 18.8. The Balaban J connectivity index is 3.11. The standard InChI is InChI=1S/C13H18BrN5O4/c1-6(11(20)21)18-9-7(8(14)15)10(17-5-16-9)19-12(22)23-13(2,3)4/h5-6,15H,1-4H3,(H,20,21)(H2,16,17,18,19,22). The molecule has 0 fully saturated rings. The molecule has 1 aromatic rings. The van der Waals surface area contributed by atoms with E-state index in [0.29, 0.717) is 0 Å². The van der Waals surface area contributed by atoms with E-state index in [1.165, 1.54) is 6.92 Å². The summed E-state index contributed by atoms with van der Waals surface area (Å²) < 4.78 is 5.00. The second-order valence-corrected chi connectivity index (χ2v) is 6.38. The molecule has 9 nitrogen and oxygen atoms in total. The van der Waals surface area contributed by atoms with Gasteiger partial charge in [-0.05, 0) is 43.6 Å². The molecule has 126 valence electrons. The predicted molar refractivity (Wildman–Crippen MR) is 88.4 cm³/mol. The molecular formula is C13H18BrN5O4. The average molecular weight is 388 g/mol. The molecule has 0 bridgehead atoms. The fourth-order valence-electron chi connectivity index (χ4n) is 1.46. The Bertz CT molecular complexity index is 629. The van der Waals surface area contributed by atoms with Crippen LogP contribution in [0.4, 0.5) is 16.4 Å². The molecule has 1 rings (SSSR count). The van der Waals surface area contributed by atoms with Gasteiger partial charge in [-0.15, -0.1) is 0 Å². The first-order valence-electron chi connectivity index (χ1n) is 6.60. The third kappa shape index (κ3) is 5.81. The summed E-state index contributed by atoms with van der Waals surface area (Å²) in [7, 11) is 0. The monoisotopic (exact) mass is 387 g/mol. The van der Waals surface area contributed by atoms with Crippen molar-refractivity contribution in [1.29, 1.82) is 5.41 Å². The van der Waals surface area contributed by atoms with E-state index in [1.807, 2.05) is 0 Å². The smallest absolute Gasteiger partial charge is 0.413 e. The number of aromatic nitrogens is 2. The number of nitrogens with one attached hydrogen (secondary N) is 3. The highest BCUT2D eigenvalue weighted by atomic mass is 79.9. The molecule has 0 aromatic carbocycles. The number of ether oxygens (including phenoxy) is 1. The lowest BCUT2D eigenvalue weighted by molar-refractivity contribution is -0.137. The topological polar surface area (TPSA) is 137 Å². The maximum atomic E-state index is 11.9. The summed E-state index contributed by atoms with van der Waals surface area (Å²) in [4.78, 5) is 30.6. The number of hydrogen-bond acceptors (Lipinski definition) is 7. The van der Waals surface area contributed by atoms with Crippen LogP contribution in [0.2, 0.25) is 0 Å². The van der Waals surface area contributed by atoms with Crippen LogP contribution < -0.4 is 10.6 Å². The van der Waals surface area contributed by atoms with Gasteiger partial charge < -0.3 is 15.2 Å². The van der Waals surface area contributed by atoms with Gasteiger partial charge in [0.25, 0.3) is 0 Å². The van der Waals surface area contributed by atoms with Crippen molar-refractivity contribution in [3.8, 4) is 0 Å². The van der Waals surface area contributed by atoms with Gasteiger partial charge >= 0.3 is 12.1 Å². The maximum Gasteiger partial charge on any atom is 0.413 e. The molecule has 0 saturated carbocycles. The summed E-state index contributed by atoms with van der Waals surface area (Å²) in [6.45, 7) is 6.55. The summed E-state index contributed by atoms with van der Waals surface area (Å²) in [5.74, 6) is -0.962. The number of carboxylic acids is 1. The second kappa shape index (κ2) is 7.36. The molecule has 1 heterocycles. The van der Waals surface area contributed by atoms with E-state index in [9.17, 15) is 9.59 Å². The number of amides is 1. The van der Waals surface area contributed by atoms with Crippen LogP contribution in [0.1, 0.15) is 33.3 Å². The van der Waals surface area contributed by atoms with Crippen molar-refractivity contribution in [3.05, 3.63) is 11.9 Å². The van der Waals surface area contributed by atoms with Gasteiger partial charge in [-0.25, -0.2) is 14.8 Å². The summed E-state index contributed by atoms with van der Waals surface area (Å²) in [5, 5.41) is 21.8. The van der Waals surface area contributed by atoms with Crippen LogP contribution in [0, 0.1) is 5.41 Å². The molecule has 10 heteroatoms. The van der Waals surface area contributed by atoms with Crippen LogP contribution in [-0.4, -0.2) is 43.4 Å². The lowest BCUT2D eigenvalue weighted by Crippen LogP contribution is -2.29. The van der Waals surface area contributed by atoms with E-state index in [4.69, 9.17) is 15.3 Å². The van der Waals surface area contributed by atoms with Crippen LogP contribution >= 0.6 is 15.9 Å². The van der Waals surface area contributed by atoms with Gasteiger partial charge in [0, 0.05) is 0 Å². The molecule has 0 spiro atoms. The first-order chi connectivity index (χ1) is 10.5. The quantitative estimate of drug-likeness (QED) is 0.569. The molecule has 1 amide bonds. The maximum absolute atomic E-state index is 11.9. The van der Waals surface area contributed by atoms with Gasteiger partial charge in [-0.3, -0.25) is 15.5 Å². The highest BCUT2D eigenvalue weighted by Gasteiger charge is 2.22. The molecule has 0 saturated heterocycles. The highest BCUT2D eigenvalue weighted by molar-refractivity contribution is 9.18. The summed E-state index contributed by atoms with van der Waals surface area (Å²) >= 11 is 2.99. The zero-order chi connectivity index (χ0) is 17.8. The lowest BCUT2D eigenvalue weighted by atomic mass is 10.2. The van der Waals surface area contributed by atoms with E-state index in [2.05, 4.69) is 36.5 Å². The minimum Gasteiger partial charge on any atom is -0.480 e. The van der Waals surface area contributed by atoms with Crippen LogP contribution in [0.15, 0.2) is 6.33 Å². The Kier molecular flexibility index (Phi) is 6.02. The van der Waals surface area contributed by atoms with Crippen molar-refractivity contribution in [3.63, 3.8) is 0 Å². The number of carbonyl (C=O) groups excluding carboxylic acids is 1. The van der Waals surface area contributed by atoms with Crippen LogP contribution in [0.25, 0.3) is 0 Å². The number of anilines is 2. The van der Waals surface area contributed by atoms with Gasteiger partial charge in [0.05, 0.1) is 5.56 Å². The van der Waals surface area contributed by atoms with Crippen molar-refractivity contribution in [2.45, 2.75) is 39.3 Å². The molecule has 1 unspecified atom stereocenters. The number of rotatable bonds is 5. The Morgan fingerprint density at radius 1 is 1.35 bits per heavy atom. The molecule has 0 aliphatic carbocycles. The average Bonchev–Trinajstić information content (AvgIpc) is 2.35. The van der Waals surface area contributed by atoms with E-state index < -0.39 is 23.7 Å². The number of hydrogen-bond donors (Lipinski definition) is 4. The SMILES string of the molecule is CC(Nc1ncnc(NC(=O)OC(C)(C)C)c1C(=N)Br)C(=O)O. The Hall–Kier alpha value is -2.23. The number of carboxylic acid groups (broad SMARTS) is 1. The first-order valence-corrected chi connectivity index (χ1v) is 7.39. The zero-order valence-corrected chi connectivity index (χ0v) is 14.7. The predicted octanol–water partition coefficient (Wildman–Crippen LogP) is 2.43. The Morgan fingerprint density at radius 2 is 1.91 bits per heavy atom. The fraction of sp³-hybridized carbons (Fsp3) is 0.462. The van der Waals surface area contributed by atoms with Crippen LogP contribution in [-0.2, 0) is 9.53 Å². The van der Waals surface area contributed by atoms with E-state index in [-0.39, 0.29) is 21.8 Å². The number of carbonyl (C=O) groups is 2. The summed E-state index contributed by atoms with van der Waals surface area (Å²) in [6.07, 6.45) is 0.395. The Labute approximate surface area is 141 Å². The fourth-order valence-corrected chi connectivity index (χ4v) is 1.84. The largest absolute Gasteiger partial charge is 0.480 e. The van der Waals surface area contributed by atoms with Gasteiger partial charge in [-0.1, -0.05) is 0 Å². The van der Waals surface area contributed by atoms with Crippen LogP contribution in [0.3, 0.4) is 0 Å². The summed E-state index contributed by atoms with van der Waals surface area (Å²) in [6, 6.07) is -0.940. The van der Waals surface area contributed by atoms with E-state index in [1.54, 1.807) is 20.8 Å². The van der Waals surface area contributed by atoms with Gasteiger partial charge in [-0.2, -0.15) is 0 Å². The van der Waals surface area contributed by atoms with Crippen molar-refractivity contribution in [2.75, 3.05) is 10.6 Å². The molecule has 0 radical (unpaired) electrons. The molecular weight excluding hydrogens is 370 g/mol. The van der Waals surface area contributed by atoms with Gasteiger partial charge in [0.15, 0.2) is 5.82 Å². The minimum atomic E-state index is -1.09. The minimum absolute atomic E-state index is 0.0243. The summed E-state index contributed by atoms with van der Waals surface area (Å²) in [5.41, 5.74) is -0.579. The Morgan fingerprint density at radius 3 is 2.39 bits per heavy atom. The molecule has 0 aliphatic rings. The molecule has 4 N–H and O–H groups in total. The van der Waals surface area contributed by atoms with Crippen molar-refractivity contribution in [1.82, 2.24) is 9.97 Å². The number of aliphatic carboxylic acids is 1. The van der Waals surface area contributed by atoms with Crippen molar-refractivity contribution >= 4 is 44.2 Å². The molecule has 1 atom stereocenters. The lowest BCUT2D eigenvalue weighted by Gasteiger charge is -2.20. The van der Waals surface area contributed by atoms with E-state index >= 15 is 0 Å². The second-order valence-electron chi connectivity index (χ2n) is 5.59. The molecule has 0 aliphatic heterocycles. The molecule has 23 heavy (non-hydrogen) atoms. The number of nitrogens with zero attached hydrogens (tertiary/aromatic N) is 2. The highest BCUT2D eigenvalue weighted by Crippen LogP contribution is 2.24. The van der Waals surface area contributed by atoms with Crippen molar-refractivity contribution < 1.29 is 19.4 Å². The normalized spacial score (nSPS) is 12.2. The van der Waals surface area contributed by atoms with Gasteiger partial charge in [0.1, 0.15) is 28.4 Å². The third-order valence-electron chi connectivity index (χ3n) is 2.41. The van der Waals surface area contributed by atoms with Gasteiger partial charge in [0.2, 0.25) is 0 Å². The van der Waals surface area contributed by atoms with Crippen LogP contribution in [0.5, 0.6) is 0 Å².